The van der Waals surface area contributed by atoms with E-state index in [1.54, 1.807) is 0 Å². The van der Waals surface area contributed by atoms with Gasteiger partial charge < -0.3 is 14.7 Å². The number of likely N-dealkylation sites (N-methyl/N-ethyl adjacent to an activating group) is 1. The molecule has 1 aliphatic rings. The Labute approximate surface area is 124 Å². The van der Waals surface area contributed by atoms with Crippen molar-refractivity contribution in [2.45, 2.75) is 25.9 Å². The fourth-order valence-corrected chi connectivity index (χ4v) is 2.68. The second-order valence-corrected chi connectivity index (χ2v) is 5.54. The first-order valence-electron chi connectivity index (χ1n) is 7.14. The molecule has 1 heterocycles. The molecule has 2 rings (SSSR count). The van der Waals surface area contributed by atoms with Gasteiger partial charge in [-0.1, -0.05) is 29.8 Å². The maximum atomic E-state index is 12.5. The highest BCUT2D eigenvalue weighted by Gasteiger charge is 2.35. The Kier molecular flexibility index (Phi) is 4.96. The molecule has 1 fully saturated rings. The first-order chi connectivity index (χ1) is 9.99. The van der Waals surface area contributed by atoms with Gasteiger partial charge in [0.25, 0.3) is 0 Å². The van der Waals surface area contributed by atoms with Gasteiger partial charge in [-0.3, -0.25) is 9.59 Å². The Morgan fingerprint density at radius 1 is 1.33 bits per heavy atom. The topological polar surface area (TPSA) is 66.8 Å². The second kappa shape index (κ2) is 6.72. The van der Waals surface area contributed by atoms with Gasteiger partial charge in [-0.2, -0.15) is 0 Å². The number of nitrogens with zero attached hydrogens (tertiary/aromatic N) is 1. The van der Waals surface area contributed by atoms with Gasteiger partial charge in [-0.05, 0) is 25.3 Å². The highest BCUT2D eigenvalue weighted by Crippen LogP contribution is 2.34. The molecule has 114 valence electrons. The van der Waals surface area contributed by atoms with Gasteiger partial charge in [-0.25, -0.2) is 0 Å². The van der Waals surface area contributed by atoms with E-state index in [2.05, 4.69) is 0 Å². The molecule has 1 aromatic rings. The molecular formula is C16H21NO4. The van der Waals surface area contributed by atoms with E-state index in [4.69, 9.17) is 9.84 Å². The number of carbonyl (C=O) groups excluding carboxylic acids is 1. The maximum absolute atomic E-state index is 12.5. The van der Waals surface area contributed by atoms with E-state index in [0.717, 1.165) is 24.0 Å². The molecule has 1 aliphatic heterocycles. The third kappa shape index (κ3) is 3.82. The van der Waals surface area contributed by atoms with E-state index in [1.807, 2.05) is 31.2 Å². The Bertz CT molecular complexity index is 512. The Balaban J connectivity index is 2.16. The first-order valence-corrected chi connectivity index (χ1v) is 7.14. The predicted molar refractivity (Wildman–Crippen MR) is 77.9 cm³/mol. The SMILES string of the molecule is Cc1ccc(C2OCCCC2C(=O)N(C)CC(=O)O)cc1. The van der Waals surface area contributed by atoms with Gasteiger partial charge in [-0.15, -0.1) is 0 Å². The van der Waals surface area contributed by atoms with Crippen LogP contribution in [0.2, 0.25) is 0 Å². The van der Waals surface area contributed by atoms with E-state index in [0.29, 0.717) is 6.61 Å². The lowest BCUT2D eigenvalue weighted by Gasteiger charge is -2.33. The predicted octanol–water partition coefficient (Wildman–Crippen LogP) is 2.01. The lowest BCUT2D eigenvalue weighted by molar-refractivity contribution is -0.150. The van der Waals surface area contributed by atoms with E-state index in [-0.39, 0.29) is 24.5 Å². The van der Waals surface area contributed by atoms with Crippen molar-refractivity contribution in [3.05, 3.63) is 35.4 Å². The molecule has 1 saturated heterocycles. The van der Waals surface area contributed by atoms with Crippen molar-refractivity contribution in [1.29, 1.82) is 0 Å². The molecule has 2 unspecified atom stereocenters. The van der Waals surface area contributed by atoms with E-state index >= 15 is 0 Å². The largest absolute Gasteiger partial charge is 0.480 e. The molecule has 0 bridgehead atoms. The summed E-state index contributed by atoms with van der Waals surface area (Å²) >= 11 is 0. The van der Waals surface area contributed by atoms with Gasteiger partial charge in [0, 0.05) is 13.7 Å². The number of ether oxygens (including phenoxy) is 1. The van der Waals surface area contributed by atoms with Crippen LogP contribution in [0.1, 0.15) is 30.1 Å². The molecule has 5 nitrogen and oxygen atoms in total. The number of carbonyl (C=O) groups is 2. The molecule has 1 N–H and O–H groups in total. The number of aryl methyl sites for hydroxylation is 1. The van der Waals surface area contributed by atoms with Crippen LogP contribution in [-0.4, -0.2) is 42.1 Å². The highest BCUT2D eigenvalue weighted by atomic mass is 16.5. The summed E-state index contributed by atoms with van der Waals surface area (Å²) in [5, 5.41) is 8.82. The number of carboxylic acid groups (broad SMARTS) is 1. The highest BCUT2D eigenvalue weighted by molar-refractivity contribution is 5.83. The zero-order chi connectivity index (χ0) is 15.4. The van der Waals surface area contributed by atoms with Crippen molar-refractivity contribution in [1.82, 2.24) is 4.90 Å². The summed E-state index contributed by atoms with van der Waals surface area (Å²) in [5.74, 6) is -1.48. The van der Waals surface area contributed by atoms with Crippen molar-refractivity contribution in [2.24, 2.45) is 5.92 Å². The van der Waals surface area contributed by atoms with Crippen molar-refractivity contribution in [3.8, 4) is 0 Å². The van der Waals surface area contributed by atoms with Gasteiger partial charge in [0.05, 0.1) is 12.0 Å². The average molecular weight is 291 g/mol. The standard InChI is InChI=1S/C16H21NO4/c1-11-5-7-12(8-6-11)15-13(4-3-9-21-15)16(20)17(2)10-14(18)19/h5-8,13,15H,3-4,9-10H2,1-2H3,(H,18,19). The van der Waals surface area contributed by atoms with Crippen LogP contribution in [0.3, 0.4) is 0 Å². The van der Waals surface area contributed by atoms with Crippen LogP contribution in [0, 0.1) is 12.8 Å². The lowest BCUT2D eigenvalue weighted by atomic mass is 9.88. The molecule has 0 saturated carbocycles. The second-order valence-electron chi connectivity index (χ2n) is 5.54. The van der Waals surface area contributed by atoms with Crippen molar-refractivity contribution >= 4 is 11.9 Å². The Morgan fingerprint density at radius 3 is 2.62 bits per heavy atom. The van der Waals surface area contributed by atoms with E-state index in [9.17, 15) is 9.59 Å². The summed E-state index contributed by atoms with van der Waals surface area (Å²) < 4.78 is 5.80. The van der Waals surface area contributed by atoms with Crippen LogP contribution >= 0.6 is 0 Å². The molecule has 0 aliphatic carbocycles. The molecule has 0 spiro atoms. The van der Waals surface area contributed by atoms with Gasteiger partial charge in [0.15, 0.2) is 0 Å². The van der Waals surface area contributed by atoms with Crippen molar-refractivity contribution in [2.75, 3.05) is 20.2 Å². The summed E-state index contributed by atoms with van der Waals surface area (Å²) in [6.45, 7) is 2.36. The summed E-state index contributed by atoms with van der Waals surface area (Å²) in [5.41, 5.74) is 2.13. The van der Waals surface area contributed by atoms with Crippen LogP contribution in [0.4, 0.5) is 0 Å². The number of hydrogen-bond donors (Lipinski definition) is 1. The smallest absolute Gasteiger partial charge is 0.323 e. The minimum absolute atomic E-state index is 0.164. The Hall–Kier alpha value is -1.88. The number of rotatable bonds is 4. The zero-order valence-electron chi connectivity index (χ0n) is 12.4. The number of amides is 1. The van der Waals surface area contributed by atoms with Crippen LogP contribution in [0.5, 0.6) is 0 Å². The molecule has 2 atom stereocenters. The third-order valence-corrected chi connectivity index (χ3v) is 3.79. The minimum atomic E-state index is -1.01. The van der Waals surface area contributed by atoms with Crippen LogP contribution < -0.4 is 0 Å². The van der Waals surface area contributed by atoms with Crippen molar-refractivity contribution < 1.29 is 19.4 Å². The van der Waals surface area contributed by atoms with Gasteiger partial charge >= 0.3 is 5.97 Å². The number of benzene rings is 1. The molecule has 21 heavy (non-hydrogen) atoms. The van der Waals surface area contributed by atoms with Gasteiger partial charge in [0.2, 0.25) is 5.91 Å². The number of aliphatic carboxylic acids is 1. The van der Waals surface area contributed by atoms with Crippen molar-refractivity contribution in [3.63, 3.8) is 0 Å². The summed E-state index contributed by atoms with van der Waals surface area (Å²) in [6, 6.07) is 7.94. The maximum Gasteiger partial charge on any atom is 0.323 e. The van der Waals surface area contributed by atoms with Crippen LogP contribution in [0.15, 0.2) is 24.3 Å². The average Bonchev–Trinajstić information content (AvgIpc) is 2.46. The molecule has 0 aromatic heterocycles. The Morgan fingerprint density at radius 2 is 2.00 bits per heavy atom. The fourth-order valence-electron chi connectivity index (χ4n) is 2.68. The molecule has 1 amide bonds. The summed E-state index contributed by atoms with van der Waals surface area (Å²) in [7, 11) is 1.53. The van der Waals surface area contributed by atoms with E-state index < -0.39 is 5.97 Å². The third-order valence-electron chi connectivity index (χ3n) is 3.79. The fraction of sp³-hybridized carbons (Fsp3) is 0.500. The molecule has 5 heteroatoms. The summed E-state index contributed by atoms with van der Waals surface area (Å²) in [6.07, 6.45) is 1.25. The lowest BCUT2D eigenvalue weighted by Crippen LogP contribution is -2.41. The van der Waals surface area contributed by atoms with Crippen LogP contribution in [0.25, 0.3) is 0 Å². The summed E-state index contributed by atoms with van der Waals surface area (Å²) in [4.78, 5) is 24.5. The first kappa shape index (κ1) is 15.5. The molecular weight excluding hydrogens is 270 g/mol. The van der Waals surface area contributed by atoms with Crippen LogP contribution in [-0.2, 0) is 14.3 Å². The van der Waals surface area contributed by atoms with Gasteiger partial charge in [0.1, 0.15) is 6.54 Å². The van der Waals surface area contributed by atoms with E-state index in [1.165, 1.54) is 11.9 Å². The monoisotopic (exact) mass is 291 g/mol. The minimum Gasteiger partial charge on any atom is -0.480 e. The number of hydrogen-bond acceptors (Lipinski definition) is 3. The molecule has 1 aromatic carbocycles. The zero-order valence-corrected chi connectivity index (χ0v) is 12.4. The number of carboxylic acids is 1. The molecule has 0 radical (unpaired) electrons. The quantitative estimate of drug-likeness (QED) is 0.921. The normalized spacial score (nSPS) is 21.8.